The number of benzene rings is 2. The van der Waals surface area contributed by atoms with Crippen molar-refractivity contribution in [3.63, 3.8) is 0 Å². The number of ether oxygens (including phenoxy) is 1. The number of esters is 1. The predicted molar refractivity (Wildman–Crippen MR) is 129 cm³/mol. The van der Waals surface area contributed by atoms with Gasteiger partial charge < -0.3 is 10.1 Å². The normalized spacial score (nSPS) is 14.1. The number of nitrogens with one attached hydrogen (secondary N) is 1. The zero-order valence-corrected chi connectivity index (χ0v) is 19.5. The van der Waals surface area contributed by atoms with Crippen LogP contribution < -0.4 is 5.32 Å². The molecule has 0 atom stereocenters. The Morgan fingerprint density at radius 2 is 1.66 bits per heavy atom. The second-order valence-corrected chi connectivity index (χ2v) is 9.54. The monoisotopic (exact) mass is 484 g/mol. The van der Waals surface area contributed by atoms with E-state index < -0.39 is 24.3 Å². The van der Waals surface area contributed by atoms with Crippen LogP contribution in [0.1, 0.15) is 77.5 Å². The van der Waals surface area contributed by atoms with Crippen molar-refractivity contribution in [2.24, 2.45) is 0 Å². The molecule has 8 heteroatoms. The number of thiophene rings is 1. The third-order valence-electron chi connectivity index (χ3n) is 6.29. The molecule has 0 aliphatic heterocycles. The van der Waals surface area contributed by atoms with Gasteiger partial charge >= 0.3 is 5.97 Å². The van der Waals surface area contributed by atoms with Crippen molar-refractivity contribution >= 4 is 39.8 Å². The van der Waals surface area contributed by atoms with Crippen molar-refractivity contribution in [2.45, 2.75) is 32.1 Å². The van der Waals surface area contributed by atoms with E-state index in [1.54, 1.807) is 24.3 Å². The first-order valence-corrected chi connectivity index (χ1v) is 12.1. The highest BCUT2D eigenvalue weighted by atomic mass is 32.1. The molecule has 2 aliphatic rings. The fourth-order valence-corrected chi connectivity index (χ4v) is 5.89. The first kappa shape index (κ1) is 22.7. The molecule has 0 spiro atoms. The summed E-state index contributed by atoms with van der Waals surface area (Å²) in [5.74, 6) is -2.24. The maximum atomic E-state index is 13.1. The fourth-order valence-electron chi connectivity index (χ4n) is 4.64. The van der Waals surface area contributed by atoms with Crippen LogP contribution in [0.15, 0.2) is 42.5 Å². The van der Waals surface area contributed by atoms with E-state index in [2.05, 4.69) is 11.4 Å². The average Bonchev–Trinajstić information content (AvgIpc) is 3.03. The number of anilines is 1. The number of hydrogen-bond acceptors (Lipinski definition) is 7. The summed E-state index contributed by atoms with van der Waals surface area (Å²) in [7, 11) is 0. The highest BCUT2D eigenvalue weighted by molar-refractivity contribution is 7.16. The van der Waals surface area contributed by atoms with Gasteiger partial charge in [0.2, 0.25) is 0 Å². The van der Waals surface area contributed by atoms with Crippen LogP contribution in [0.25, 0.3) is 0 Å². The number of amides is 1. The second kappa shape index (κ2) is 9.28. The van der Waals surface area contributed by atoms with Gasteiger partial charge in [0, 0.05) is 27.1 Å². The van der Waals surface area contributed by atoms with E-state index in [1.165, 1.54) is 29.5 Å². The van der Waals surface area contributed by atoms with Crippen molar-refractivity contribution < 1.29 is 23.9 Å². The van der Waals surface area contributed by atoms with E-state index in [9.17, 15) is 24.4 Å². The van der Waals surface area contributed by atoms with Gasteiger partial charge in [-0.2, -0.15) is 5.26 Å². The molecule has 0 unspecified atom stereocenters. The Bertz CT molecular complexity index is 1450. The smallest absolute Gasteiger partial charge is 0.339 e. The molecule has 2 aromatic carbocycles. The molecule has 0 saturated heterocycles. The first-order valence-electron chi connectivity index (χ1n) is 11.3. The SMILES string of the molecule is N#Cc1c(NC(=O)COC(=O)c2cccc3c2C(=O)c2ccccc2C3=O)sc2c1CCCCC2. The Hall–Kier alpha value is -4.09. The zero-order valence-electron chi connectivity index (χ0n) is 18.7. The van der Waals surface area contributed by atoms with Gasteiger partial charge in [0.1, 0.15) is 11.1 Å². The van der Waals surface area contributed by atoms with Gasteiger partial charge in [-0.1, -0.05) is 42.8 Å². The molecule has 0 saturated carbocycles. The molecule has 7 nitrogen and oxygen atoms in total. The van der Waals surface area contributed by atoms with Gasteiger partial charge in [-0.3, -0.25) is 14.4 Å². The Kier molecular flexibility index (Phi) is 6.01. The van der Waals surface area contributed by atoms with Crippen LogP contribution in [0.2, 0.25) is 0 Å². The third kappa shape index (κ3) is 4.04. The molecule has 35 heavy (non-hydrogen) atoms. The molecule has 5 rings (SSSR count). The van der Waals surface area contributed by atoms with E-state index in [4.69, 9.17) is 4.74 Å². The minimum Gasteiger partial charge on any atom is -0.452 e. The molecule has 1 amide bonds. The number of ketones is 2. The number of aryl methyl sites for hydroxylation is 1. The lowest BCUT2D eigenvalue weighted by molar-refractivity contribution is -0.119. The average molecular weight is 485 g/mol. The van der Waals surface area contributed by atoms with Crippen LogP contribution in [0, 0.1) is 11.3 Å². The highest BCUT2D eigenvalue weighted by Crippen LogP contribution is 2.37. The van der Waals surface area contributed by atoms with Crippen molar-refractivity contribution in [1.82, 2.24) is 0 Å². The molecule has 0 bridgehead atoms. The van der Waals surface area contributed by atoms with E-state index >= 15 is 0 Å². The molecule has 0 fully saturated rings. The lowest BCUT2D eigenvalue weighted by Crippen LogP contribution is -2.26. The van der Waals surface area contributed by atoms with Gasteiger partial charge in [0.25, 0.3) is 5.91 Å². The standard InChI is InChI=1S/C27H20N2O5S/c28-13-20-15-7-2-1-3-12-21(15)35-26(20)29-22(30)14-34-27(33)19-11-6-10-18-23(19)25(32)17-9-5-4-8-16(17)24(18)31/h4-6,8-11H,1-3,7,12,14H2,(H,29,30). The first-order chi connectivity index (χ1) is 17.0. The van der Waals surface area contributed by atoms with Crippen LogP contribution in [0.5, 0.6) is 0 Å². The number of nitriles is 1. The summed E-state index contributed by atoms with van der Waals surface area (Å²) in [6.45, 7) is -0.589. The molecule has 174 valence electrons. The number of carbonyl (C=O) groups is 4. The van der Waals surface area contributed by atoms with Gasteiger partial charge in [-0.25, -0.2) is 4.79 Å². The Labute approximate surface area is 205 Å². The second-order valence-electron chi connectivity index (χ2n) is 8.44. The molecule has 3 aromatic rings. The van der Waals surface area contributed by atoms with E-state index in [0.717, 1.165) is 42.5 Å². The number of carbonyl (C=O) groups excluding carboxylic acids is 4. The molecular formula is C27H20N2O5S. The van der Waals surface area contributed by atoms with Gasteiger partial charge in [-0.15, -0.1) is 11.3 Å². The number of nitrogens with zero attached hydrogens (tertiary/aromatic N) is 1. The third-order valence-corrected chi connectivity index (χ3v) is 7.50. The lowest BCUT2D eigenvalue weighted by Gasteiger charge is -2.19. The van der Waals surface area contributed by atoms with E-state index in [1.807, 2.05) is 0 Å². The summed E-state index contributed by atoms with van der Waals surface area (Å²) in [4.78, 5) is 52.5. The molecule has 1 N–H and O–H groups in total. The van der Waals surface area contributed by atoms with Gasteiger partial charge in [0.15, 0.2) is 18.2 Å². The summed E-state index contributed by atoms with van der Waals surface area (Å²) in [6, 6.07) is 13.1. The molecule has 1 heterocycles. The molecule has 0 radical (unpaired) electrons. The minimum absolute atomic E-state index is 0.0182. The van der Waals surface area contributed by atoms with Crippen molar-refractivity contribution in [2.75, 3.05) is 11.9 Å². The maximum Gasteiger partial charge on any atom is 0.339 e. The van der Waals surface area contributed by atoms with Crippen LogP contribution in [0.4, 0.5) is 5.00 Å². The van der Waals surface area contributed by atoms with E-state index in [0.29, 0.717) is 10.6 Å². The van der Waals surface area contributed by atoms with Crippen LogP contribution in [0.3, 0.4) is 0 Å². The summed E-state index contributed by atoms with van der Waals surface area (Å²) in [6.07, 6.45) is 4.88. The number of rotatable bonds is 4. The molecular weight excluding hydrogens is 464 g/mol. The van der Waals surface area contributed by atoms with Crippen LogP contribution in [-0.4, -0.2) is 30.0 Å². The zero-order chi connectivity index (χ0) is 24.5. The topological polar surface area (TPSA) is 113 Å². The Morgan fingerprint density at radius 3 is 2.43 bits per heavy atom. The summed E-state index contributed by atoms with van der Waals surface area (Å²) in [5, 5.41) is 12.8. The fraction of sp³-hybridized carbons (Fsp3) is 0.222. The molecule has 2 aliphatic carbocycles. The predicted octanol–water partition coefficient (Wildman–Crippen LogP) is 4.46. The largest absolute Gasteiger partial charge is 0.452 e. The number of fused-ring (bicyclic) bond motifs is 3. The summed E-state index contributed by atoms with van der Waals surface area (Å²) < 4.78 is 5.20. The van der Waals surface area contributed by atoms with E-state index in [-0.39, 0.29) is 33.6 Å². The van der Waals surface area contributed by atoms with Gasteiger partial charge in [0.05, 0.1) is 11.1 Å². The minimum atomic E-state index is -0.875. The van der Waals surface area contributed by atoms with Crippen LogP contribution in [-0.2, 0) is 22.4 Å². The highest BCUT2D eigenvalue weighted by Gasteiger charge is 2.33. The lowest BCUT2D eigenvalue weighted by atomic mass is 9.82. The maximum absolute atomic E-state index is 13.1. The quantitative estimate of drug-likeness (QED) is 0.338. The van der Waals surface area contributed by atoms with Crippen molar-refractivity contribution in [3.8, 4) is 6.07 Å². The summed E-state index contributed by atoms with van der Waals surface area (Å²) in [5.41, 5.74) is 2.04. The van der Waals surface area contributed by atoms with Crippen molar-refractivity contribution in [1.29, 1.82) is 5.26 Å². The Morgan fingerprint density at radius 1 is 0.943 bits per heavy atom. The van der Waals surface area contributed by atoms with Crippen LogP contribution >= 0.6 is 11.3 Å². The van der Waals surface area contributed by atoms with Gasteiger partial charge in [-0.05, 0) is 37.3 Å². The summed E-state index contributed by atoms with van der Waals surface area (Å²) >= 11 is 1.39. The Balaban J connectivity index is 1.33. The van der Waals surface area contributed by atoms with Crippen molar-refractivity contribution in [3.05, 3.63) is 86.3 Å². The number of hydrogen-bond donors (Lipinski definition) is 1. The molecule has 1 aromatic heterocycles.